The molecule has 0 bridgehead atoms. The van der Waals surface area contributed by atoms with E-state index in [1.54, 1.807) is 0 Å². The van der Waals surface area contributed by atoms with Crippen molar-refractivity contribution in [3.05, 3.63) is 29.8 Å². The van der Waals surface area contributed by atoms with E-state index < -0.39 is 0 Å². The lowest BCUT2D eigenvalue weighted by Gasteiger charge is -2.35. The maximum Gasteiger partial charge on any atom is 0.315 e. The summed E-state index contributed by atoms with van der Waals surface area (Å²) in [6, 6.07) is 8.41. The molecule has 3 unspecified atom stereocenters. The Balaban J connectivity index is 1.29. The lowest BCUT2D eigenvalue weighted by Crippen LogP contribution is -2.51. The van der Waals surface area contributed by atoms with Gasteiger partial charge in [-0.1, -0.05) is 18.2 Å². The van der Waals surface area contributed by atoms with E-state index >= 15 is 0 Å². The van der Waals surface area contributed by atoms with Gasteiger partial charge in [-0.15, -0.1) is 0 Å². The van der Waals surface area contributed by atoms with Gasteiger partial charge in [-0.25, -0.2) is 4.79 Å². The fraction of sp³-hybridized carbons (Fsp3) is 0.632. The van der Waals surface area contributed by atoms with Gasteiger partial charge in [0.1, 0.15) is 5.75 Å². The van der Waals surface area contributed by atoms with Gasteiger partial charge in [0.05, 0.1) is 25.4 Å². The van der Waals surface area contributed by atoms with Crippen LogP contribution in [0.15, 0.2) is 24.3 Å². The number of nitrogens with one attached hydrogen (secondary N) is 2. The highest BCUT2D eigenvalue weighted by Crippen LogP contribution is 2.31. The van der Waals surface area contributed by atoms with Crippen LogP contribution in [0.3, 0.4) is 0 Å². The Hall–Kier alpha value is -1.79. The number of benzene rings is 1. The summed E-state index contributed by atoms with van der Waals surface area (Å²) in [5, 5.41) is 6.09. The number of hydrogen-bond donors (Lipinski definition) is 2. The number of carbonyl (C=O) groups is 1. The van der Waals surface area contributed by atoms with Crippen LogP contribution in [0.2, 0.25) is 0 Å². The normalized spacial score (nSPS) is 29.0. The van der Waals surface area contributed by atoms with Gasteiger partial charge >= 0.3 is 6.03 Å². The second kappa shape index (κ2) is 7.62. The zero-order valence-electron chi connectivity index (χ0n) is 14.6. The lowest BCUT2D eigenvalue weighted by molar-refractivity contribution is -0.0458. The van der Waals surface area contributed by atoms with Crippen LogP contribution >= 0.6 is 0 Å². The van der Waals surface area contributed by atoms with Crippen molar-refractivity contribution in [3.63, 3.8) is 0 Å². The van der Waals surface area contributed by atoms with Gasteiger partial charge < -0.3 is 20.1 Å². The molecule has 2 N–H and O–H groups in total. The molecule has 25 heavy (non-hydrogen) atoms. The van der Waals surface area contributed by atoms with Crippen LogP contribution in [0, 0.1) is 0 Å². The van der Waals surface area contributed by atoms with Crippen molar-refractivity contribution in [2.45, 2.75) is 43.9 Å². The first-order valence-electron chi connectivity index (χ1n) is 9.41. The van der Waals surface area contributed by atoms with Crippen LogP contribution in [0.1, 0.15) is 37.3 Å². The zero-order chi connectivity index (χ0) is 17.1. The van der Waals surface area contributed by atoms with Crippen LogP contribution in [0.4, 0.5) is 4.79 Å². The van der Waals surface area contributed by atoms with Crippen molar-refractivity contribution < 1.29 is 14.3 Å². The Kier molecular flexibility index (Phi) is 5.08. The molecule has 3 aliphatic rings. The third-order valence-corrected chi connectivity index (χ3v) is 5.45. The van der Waals surface area contributed by atoms with Crippen molar-refractivity contribution in [2.75, 3.05) is 32.8 Å². The molecule has 2 amide bonds. The fourth-order valence-corrected chi connectivity index (χ4v) is 4.10. The summed E-state index contributed by atoms with van der Waals surface area (Å²) in [5.74, 6) is 0.876. The molecule has 6 nitrogen and oxygen atoms in total. The molecular weight excluding hydrogens is 318 g/mol. The SMILES string of the molecule is O=C(NCC1CN2CCCC2CO1)NC1CCCOc2ccccc21. The molecular formula is C19H27N3O3. The number of para-hydroxylation sites is 1. The summed E-state index contributed by atoms with van der Waals surface area (Å²) in [6.45, 7) is 4.13. The zero-order valence-corrected chi connectivity index (χ0v) is 14.6. The summed E-state index contributed by atoms with van der Waals surface area (Å²) in [5.41, 5.74) is 1.06. The van der Waals surface area contributed by atoms with Crippen molar-refractivity contribution in [1.29, 1.82) is 0 Å². The average molecular weight is 345 g/mol. The minimum Gasteiger partial charge on any atom is -0.493 e. The van der Waals surface area contributed by atoms with Crippen molar-refractivity contribution in [2.24, 2.45) is 0 Å². The van der Waals surface area contributed by atoms with Crippen LogP contribution < -0.4 is 15.4 Å². The highest BCUT2D eigenvalue weighted by atomic mass is 16.5. The molecule has 2 fully saturated rings. The second-order valence-corrected chi connectivity index (χ2v) is 7.18. The summed E-state index contributed by atoms with van der Waals surface area (Å²) in [4.78, 5) is 14.9. The summed E-state index contributed by atoms with van der Waals surface area (Å²) in [6.07, 6.45) is 4.41. The van der Waals surface area contributed by atoms with Gasteiger partial charge in [0.15, 0.2) is 0 Å². The van der Waals surface area contributed by atoms with E-state index in [1.165, 1.54) is 12.8 Å². The third kappa shape index (κ3) is 3.90. The minimum absolute atomic E-state index is 0.00561. The molecule has 0 saturated carbocycles. The quantitative estimate of drug-likeness (QED) is 0.880. The third-order valence-electron chi connectivity index (χ3n) is 5.45. The number of ether oxygens (including phenoxy) is 2. The maximum absolute atomic E-state index is 12.4. The molecule has 3 heterocycles. The van der Waals surface area contributed by atoms with E-state index in [2.05, 4.69) is 15.5 Å². The van der Waals surface area contributed by atoms with E-state index in [-0.39, 0.29) is 18.2 Å². The van der Waals surface area contributed by atoms with Gasteiger partial charge in [-0.05, 0) is 38.3 Å². The Morgan fingerprint density at radius 2 is 2.16 bits per heavy atom. The standard InChI is InChI=1S/C19H27N3O3/c23-19(20-11-15-12-22-9-3-5-14(22)13-25-15)21-17-7-4-10-24-18-8-2-1-6-16(17)18/h1-2,6,8,14-15,17H,3-5,7,9-13H2,(H2,20,21,23). The highest BCUT2D eigenvalue weighted by Gasteiger charge is 2.32. The Labute approximate surface area is 148 Å². The molecule has 0 spiro atoms. The van der Waals surface area contributed by atoms with Gasteiger partial charge in [0, 0.05) is 24.7 Å². The van der Waals surface area contributed by atoms with Gasteiger partial charge in [-0.2, -0.15) is 0 Å². The number of fused-ring (bicyclic) bond motifs is 2. The second-order valence-electron chi connectivity index (χ2n) is 7.18. The van der Waals surface area contributed by atoms with Crippen LogP contribution in [-0.2, 0) is 4.74 Å². The number of carbonyl (C=O) groups excluding carboxylic acids is 1. The first-order chi connectivity index (χ1) is 12.3. The topological polar surface area (TPSA) is 62.8 Å². The number of hydrogen-bond acceptors (Lipinski definition) is 4. The molecule has 0 radical (unpaired) electrons. The number of rotatable bonds is 3. The highest BCUT2D eigenvalue weighted by molar-refractivity contribution is 5.74. The van der Waals surface area contributed by atoms with E-state index in [9.17, 15) is 4.79 Å². The predicted molar refractivity (Wildman–Crippen MR) is 94.8 cm³/mol. The lowest BCUT2D eigenvalue weighted by atomic mass is 10.0. The van der Waals surface area contributed by atoms with Crippen LogP contribution in [0.5, 0.6) is 5.75 Å². The number of amides is 2. The summed E-state index contributed by atoms with van der Waals surface area (Å²) < 4.78 is 11.7. The van der Waals surface area contributed by atoms with Crippen LogP contribution in [0.25, 0.3) is 0 Å². The number of morpholine rings is 1. The molecule has 2 saturated heterocycles. The van der Waals surface area contributed by atoms with Crippen molar-refractivity contribution >= 4 is 6.03 Å². The van der Waals surface area contributed by atoms with Gasteiger partial charge in [0.25, 0.3) is 0 Å². The molecule has 3 atom stereocenters. The molecule has 136 valence electrons. The average Bonchev–Trinajstić information content (AvgIpc) is 3.01. The Bertz CT molecular complexity index is 609. The molecule has 3 aliphatic heterocycles. The molecule has 0 aliphatic carbocycles. The van der Waals surface area contributed by atoms with E-state index in [1.807, 2.05) is 24.3 Å². The fourth-order valence-electron chi connectivity index (χ4n) is 4.10. The van der Waals surface area contributed by atoms with E-state index in [4.69, 9.17) is 9.47 Å². The van der Waals surface area contributed by atoms with E-state index in [0.29, 0.717) is 19.2 Å². The molecule has 0 aromatic heterocycles. The first kappa shape index (κ1) is 16.7. The Morgan fingerprint density at radius 3 is 3.12 bits per heavy atom. The largest absolute Gasteiger partial charge is 0.493 e. The molecule has 1 aromatic rings. The first-order valence-corrected chi connectivity index (χ1v) is 9.41. The minimum atomic E-state index is -0.131. The van der Waals surface area contributed by atoms with Gasteiger partial charge in [0.2, 0.25) is 0 Å². The van der Waals surface area contributed by atoms with Crippen molar-refractivity contribution in [1.82, 2.24) is 15.5 Å². The van der Waals surface area contributed by atoms with Crippen molar-refractivity contribution in [3.8, 4) is 5.75 Å². The maximum atomic E-state index is 12.4. The molecule has 4 rings (SSSR count). The molecule has 6 heteroatoms. The monoisotopic (exact) mass is 345 g/mol. The van der Waals surface area contributed by atoms with Crippen LogP contribution in [-0.4, -0.2) is 55.9 Å². The predicted octanol–water partition coefficient (Wildman–Crippen LogP) is 2.06. The van der Waals surface area contributed by atoms with E-state index in [0.717, 1.165) is 43.9 Å². The number of urea groups is 1. The van der Waals surface area contributed by atoms with Gasteiger partial charge in [-0.3, -0.25) is 4.90 Å². The Morgan fingerprint density at radius 1 is 1.24 bits per heavy atom. The summed E-state index contributed by atoms with van der Waals surface area (Å²) in [7, 11) is 0. The number of nitrogens with zero attached hydrogens (tertiary/aromatic N) is 1. The molecule has 1 aromatic carbocycles. The smallest absolute Gasteiger partial charge is 0.315 e. The summed E-state index contributed by atoms with van der Waals surface area (Å²) >= 11 is 0.